The van der Waals surface area contributed by atoms with Crippen molar-refractivity contribution in [1.29, 1.82) is 10.5 Å². The van der Waals surface area contributed by atoms with Gasteiger partial charge in [0.05, 0.1) is 11.1 Å². The van der Waals surface area contributed by atoms with Gasteiger partial charge in [0.15, 0.2) is 0 Å². The van der Waals surface area contributed by atoms with Crippen LogP contribution < -0.4 is 0 Å². The minimum Gasteiger partial charge on any atom is -0.192 e. The van der Waals surface area contributed by atoms with Crippen LogP contribution in [0.4, 0.5) is 26.3 Å². The molecule has 154 valence electrons. The van der Waals surface area contributed by atoms with Crippen LogP contribution in [0.5, 0.6) is 0 Å². The zero-order valence-corrected chi connectivity index (χ0v) is 16.2. The van der Waals surface area contributed by atoms with Crippen molar-refractivity contribution in [3.8, 4) is 12.1 Å². The van der Waals surface area contributed by atoms with E-state index in [1.165, 1.54) is 30.3 Å². The van der Waals surface area contributed by atoms with E-state index in [2.05, 4.69) is 0 Å². The fourth-order valence-electron chi connectivity index (χ4n) is 2.17. The van der Waals surface area contributed by atoms with Crippen LogP contribution in [0, 0.1) is 22.7 Å². The van der Waals surface area contributed by atoms with Crippen LogP contribution in [0.2, 0.25) is 5.02 Å². The molecule has 0 amide bonds. The molecule has 0 fully saturated rings. The minimum absolute atomic E-state index is 0.0408. The molecule has 0 spiro atoms. The first kappa shape index (κ1) is 23.4. The highest BCUT2D eigenvalue weighted by atomic mass is 35.5. The molecule has 0 aliphatic heterocycles. The lowest BCUT2D eigenvalue weighted by Crippen LogP contribution is -2.10. The predicted octanol–water partition coefficient (Wildman–Crippen LogP) is 7.48. The van der Waals surface area contributed by atoms with Crippen LogP contribution in [-0.4, -0.2) is 0 Å². The molecule has 0 atom stereocenters. The molecule has 0 aromatic heterocycles. The first-order valence-corrected chi connectivity index (χ1v) is 9.09. The third kappa shape index (κ3) is 6.31. The molecule has 0 aliphatic carbocycles. The van der Waals surface area contributed by atoms with Crippen molar-refractivity contribution in [3.05, 3.63) is 81.9 Å². The van der Waals surface area contributed by atoms with Gasteiger partial charge in [-0.1, -0.05) is 35.5 Å². The van der Waals surface area contributed by atoms with E-state index in [0.29, 0.717) is 34.5 Å². The summed E-state index contributed by atoms with van der Waals surface area (Å²) in [4.78, 5) is -0.107. The second kappa shape index (κ2) is 9.29. The number of halogens is 7. The molecular formula is C20H9ClF6N2S. The summed E-state index contributed by atoms with van der Waals surface area (Å²) >= 11 is 6.44. The molecule has 0 heterocycles. The lowest BCUT2D eigenvalue weighted by Gasteiger charge is -2.15. The number of hydrogen-bond acceptors (Lipinski definition) is 3. The Kier molecular flexibility index (Phi) is 7.25. The van der Waals surface area contributed by atoms with Crippen molar-refractivity contribution in [2.75, 3.05) is 0 Å². The summed E-state index contributed by atoms with van der Waals surface area (Å²) in [6.45, 7) is 0. The molecule has 0 saturated carbocycles. The Labute approximate surface area is 176 Å². The van der Waals surface area contributed by atoms with Gasteiger partial charge in [0.25, 0.3) is 0 Å². The molecule has 10 heteroatoms. The van der Waals surface area contributed by atoms with E-state index in [9.17, 15) is 26.3 Å². The molecule has 0 aliphatic rings. The molecule has 30 heavy (non-hydrogen) atoms. The lowest BCUT2D eigenvalue weighted by molar-refractivity contribution is -0.143. The Morgan fingerprint density at radius 2 is 1.33 bits per heavy atom. The zero-order valence-electron chi connectivity index (χ0n) is 14.6. The van der Waals surface area contributed by atoms with Gasteiger partial charge >= 0.3 is 12.4 Å². The summed E-state index contributed by atoms with van der Waals surface area (Å²) in [5.74, 6) is 0. The zero-order chi connectivity index (χ0) is 22.5. The Morgan fingerprint density at radius 3 is 1.77 bits per heavy atom. The maximum Gasteiger partial charge on any atom is 0.416 e. The maximum atomic E-state index is 13.1. The molecule has 2 aromatic rings. The van der Waals surface area contributed by atoms with Gasteiger partial charge in [-0.25, -0.2) is 0 Å². The van der Waals surface area contributed by atoms with E-state index in [1.807, 2.05) is 0 Å². The van der Waals surface area contributed by atoms with Crippen molar-refractivity contribution in [3.63, 3.8) is 0 Å². The Morgan fingerprint density at radius 1 is 0.833 bits per heavy atom. The Bertz CT molecular complexity index is 1020. The van der Waals surface area contributed by atoms with Gasteiger partial charge in [-0.2, -0.15) is 36.9 Å². The number of nitrogens with zero attached hydrogens (tertiary/aromatic N) is 2. The van der Waals surface area contributed by atoms with Crippen molar-refractivity contribution in [1.82, 2.24) is 0 Å². The standard InChI is InChI=1S/C20H9ClF6N2S/c21-16-4-2-13(3-5-16)18(6-1-12(10-28)11-29)30-17-8-14(19(22,23)24)7-15(9-17)20(25,26)27/h1-9H/b18-6-. The van der Waals surface area contributed by atoms with E-state index >= 15 is 0 Å². The van der Waals surface area contributed by atoms with Crippen LogP contribution in [0.25, 0.3) is 4.91 Å². The average Bonchev–Trinajstić information content (AvgIpc) is 2.67. The first-order chi connectivity index (χ1) is 13.9. The number of allylic oxidation sites excluding steroid dienone is 3. The second-order valence-corrected chi connectivity index (χ2v) is 7.24. The molecular weight excluding hydrogens is 450 g/mol. The van der Waals surface area contributed by atoms with Crippen LogP contribution in [0.15, 0.2) is 65.1 Å². The topological polar surface area (TPSA) is 47.6 Å². The molecule has 0 N–H and O–H groups in total. The Hall–Kier alpha value is -2.88. The summed E-state index contributed by atoms with van der Waals surface area (Å²) in [5, 5.41) is 18.1. The lowest BCUT2D eigenvalue weighted by atomic mass is 10.1. The number of nitriles is 2. The van der Waals surface area contributed by atoms with Gasteiger partial charge < -0.3 is 0 Å². The summed E-state index contributed by atoms with van der Waals surface area (Å²) in [6, 6.07) is 10.5. The second-order valence-electron chi connectivity index (χ2n) is 5.69. The fourth-order valence-corrected chi connectivity index (χ4v) is 3.32. The summed E-state index contributed by atoms with van der Waals surface area (Å²) in [6.07, 6.45) is -7.57. The third-order valence-electron chi connectivity index (χ3n) is 3.56. The normalized spacial score (nSPS) is 12.1. The van der Waals surface area contributed by atoms with Crippen LogP contribution in [-0.2, 0) is 12.4 Å². The maximum absolute atomic E-state index is 13.1. The minimum atomic E-state index is -4.98. The number of thioether (sulfide) groups is 1. The molecule has 0 radical (unpaired) electrons. The number of benzene rings is 2. The van der Waals surface area contributed by atoms with E-state index in [0.717, 1.165) is 6.08 Å². The quantitative estimate of drug-likeness (QED) is 0.206. The third-order valence-corrected chi connectivity index (χ3v) is 4.88. The molecule has 0 saturated heterocycles. The molecule has 2 nitrogen and oxygen atoms in total. The first-order valence-electron chi connectivity index (χ1n) is 7.89. The van der Waals surface area contributed by atoms with Crippen LogP contribution >= 0.6 is 23.4 Å². The van der Waals surface area contributed by atoms with Gasteiger partial charge in [0.2, 0.25) is 0 Å². The SMILES string of the molecule is N#CC(C#N)=C/C=C(\Sc1cc(C(F)(F)F)cc(C(F)(F)F)c1)c1ccc(Cl)cc1. The van der Waals surface area contributed by atoms with Gasteiger partial charge in [0.1, 0.15) is 17.7 Å². The smallest absolute Gasteiger partial charge is 0.192 e. The highest BCUT2D eigenvalue weighted by Crippen LogP contribution is 2.42. The van der Waals surface area contributed by atoms with Crippen molar-refractivity contribution < 1.29 is 26.3 Å². The largest absolute Gasteiger partial charge is 0.416 e. The molecule has 0 bridgehead atoms. The van der Waals surface area contributed by atoms with E-state index < -0.39 is 23.5 Å². The molecule has 2 rings (SSSR count). The number of alkyl halides is 6. The van der Waals surface area contributed by atoms with Gasteiger partial charge in [0, 0.05) is 14.8 Å². The number of hydrogen-bond donors (Lipinski definition) is 0. The number of rotatable bonds is 4. The summed E-state index contributed by atoms with van der Waals surface area (Å²) < 4.78 is 78.6. The van der Waals surface area contributed by atoms with E-state index in [-0.39, 0.29) is 21.4 Å². The summed E-state index contributed by atoms with van der Waals surface area (Å²) in [5.41, 5.74) is -2.76. The predicted molar refractivity (Wildman–Crippen MR) is 101 cm³/mol. The van der Waals surface area contributed by atoms with Crippen molar-refractivity contribution in [2.45, 2.75) is 17.2 Å². The van der Waals surface area contributed by atoms with Gasteiger partial charge in [-0.3, -0.25) is 0 Å². The van der Waals surface area contributed by atoms with Crippen LogP contribution in [0.1, 0.15) is 16.7 Å². The molecule has 2 aromatic carbocycles. The van der Waals surface area contributed by atoms with E-state index in [4.69, 9.17) is 22.1 Å². The van der Waals surface area contributed by atoms with Gasteiger partial charge in [-0.05, 0) is 48.0 Å². The highest BCUT2D eigenvalue weighted by molar-refractivity contribution is 8.08. The Balaban J connectivity index is 2.61. The molecule has 0 unspecified atom stereocenters. The monoisotopic (exact) mass is 458 g/mol. The highest BCUT2D eigenvalue weighted by Gasteiger charge is 2.37. The summed E-state index contributed by atoms with van der Waals surface area (Å²) in [7, 11) is 0. The van der Waals surface area contributed by atoms with Gasteiger partial charge in [-0.15, -0.1) is 0 Å². The average molecular weight is 459 g/mol. The van der Waals surface area contributed by atoms with Crippen LogP contribution in [0.3, 0.4) is 0 Å². The van der Waals surface area contributed by atoms with E-state index in [1.54, 1.807) is 12.1 Å². The van der Waals surface area contributed by atoms with Crippen molar-refractivity contribution >= 4 is 28.3 Å². The van der Waals surface area contributed by atoms with Crippen molar-refractivity contribution in [2.24, 2.45) is 0 Å². The fraction of sp³-hybridized carbons (Fsp3) is 0.100.